The lowest BCUT2D eigenvalue weighted by atomic mass is 9.93. The van der Waals surface area contributed by atoms with Crippen LogP contribution in [-0.2, 0) is 4.74 Å². The molecule has 4 heteroatoms. The third-order valence-electron chi connectivity index (χ3n) is 3.22. The molecule has 0 bridgehead atoms. The van der Waals surface area contributed by atoms with Gasteiger partial charge < -0.3 is 14.1 Å². The largest absolute Gasteiger partial charge is 0.464 e. The summed E-state index contributed by atoms with van der Waals surface area (Å²) in [6.07, 6.45) is 4.98. The summed E-state index contributed by atoms with van der Waals surface area (Å²) in [5, 5.41) is 0. The molecule has 1 aliphatic rings. The van der Waals surface area contributed by atoms with Crippen molar-refractivity contribution in [1.29, 1.82) is 0 Å². The Morgan fingerprint density at radius 1 is 1.15 bits per heavy atom. The fraction of sp³-hybridized carbons (Fsp3) is 0.312. The quantitative estimate of drug-likeness (QED) is 0.830. The molecule has 0 saturated heterocycles. The zero-order valence-corrected chi connectivity index (χ0v) is 11.9. The van der Waals surface area contributed by atoms with Gasteiger partial charge in [0, 0.05) is 11.1 Å². The van der Waals surface area contributed by atoms with Gasteiger partial charge in [0.15, 0.2) is 24.1 Å². The molecule has 0 saturated carbocycles. The van der Waals surface area contributed by atoms with Crippen molar-refractivity contribution < 1.29 is 9.15 Å². The molecule has 20 heavy (non-hydrogen) atoms. The van der Waals surface area contributed by atoms with Gasteiger partial charge in [-0.15, -0.1) is 0 Å². The molecule has 0 aliphatic carbocycles. The van der Waals surface area contributed by atoms with Crippen molar-refractivity contribution in [3.8, 4) is 0 Å². The fourth-order valence-electron chi connectivity index (χ4n) is 2.26. The predicted molar refractivity (Wildman–Crippen MR) is 77.7 cm³/mol. The van der Waals surface area contributed by atoms with Gasteiger partial charge in [0.25, 0.3) is 0 Å². The van der Waals surface area contributed by atoms with E-state index in [2.05, 4.69) is 42.8 Å². The van der Waals surface area contributed by atoms with Crippen molar-refractivity contribution in [3.05, 3.63) is 54.9 Å². The van der Waals surface area contributed by atoms with E-state index in [9.17, 15) is 0 Å². The maximum Gasteiger partial charge on any atom is 0.190 e. The van der Waals surface area contributed by atoms with Gasteiger partial charge in [-0.2, -0.15) is 0 Å². The SMILES string of the molecule is CC(C)(C)C1OC(c2cnco2)=CN1c1ccccc1. The number of benzene rings is 1. The molecule has 0 fully saturated rings. The summed E-state index contributed by atoms with van der Waals surface area (Å²) in [6.45, 7) is 6.47. The van der Waals surface area contributed by atoms with Crippen LogP contribution in [0.1, 0.15) is 26.5 Å². The minimum Gasteiger partial charge on any atom is -0.464 e. The summed E-state index contributed by atoms with van der Waals surface area (Å²) in [6, 6.07) is 10.2. The first kappa shape index (κ1) is 12.8. The van der Waals surface area contributed by atoms with Gasteiger partial charge >= 0.3 is 0 Å². The van der Waals surface area contributed by atoms with Gasteiger partial charge in [-0.05, 0) is 12.1 Å². The fourth-order valence-corrected chi connectivity index (χ4v) is 2.26. The molecule has 1 aromatic heterocycles. The Balaban J connectivity index is 1.99. The van der Waals surface area contributed by atoms with Crippen LogP contribution in [0.5, 0.6) is 0 Å². The van der Waals surface area contributed by atoms with Crippen LogP contribution in [0.4, 0.5) is 5.69 Å². The first-order valence-corrected chi connectivity index (χ1v) is 6.66. The summed E-state index contributed by atoms with van der Waals surface area (Å²) in [5.74, 6) is 1.36. The van der Waals surface area contributed by atoms with E-state index in [0.29, 0.717) is 11.5 Å². The molecule has 4 nitrogen and oxygen atoms in total. The van der Waals surface area contributed by atoms with Gasteiger partial charge in [-0.25, -0.2) is 4.98 Å². The first-order chi connectivity index (χ1) is 9.55. The predicted octanol–water partition coefficient (Wildman–Crippen LogP) is 3.88. The van der Waals surface area contributed by atoms with Gasteiger partial charge in [-0.1, -0.05) is 39.0 Å². The summed E-state index contributed by atoms with van der Waals surface area (Å²) in [7, 11) is 0. The van der Waals surface area contributed by atoms with E-state index < -0.39 is 0 Å². The molecule has 104 valence electrons. The molecule has 1 aliphatic heterocycles. The highest BCUT2D eigenvalue weighted by Crippen LogP contribution is 2.38. The van der Waals surface area contributed by atoms with Crippen molar-refractivity contribution in [2.75, 3.05) is 4.90 Å². The summed E-state index contributed by atoms with van der Waals surface area (Å²) in [5.41, 5.74) is 1.07. The van der Waals surface area contributed by atoms with Gasteiger partial charge in [0.05, 0.1) is 12.4 Å². The number of oxazole rings is 1. The van der Waals surface area contributed by atoms with E-state index in [-0.39, 0.29) is 11.6 Å². The summed E-state index contributed by atoms with van der Waals surface area (Å²) < 4.78 is 11.4. The van der Waals surface area contributed by atoms with Crippen LogP contribution in [0.25, 0.3) is 5.76 Å². The lowest BCUT2D eigenvalue weighted by molar-refractivity contribution is 0.0789. The zero-order valence-electron chi connectivity index (χ0n) is 11.9. The lowest BCUT2D eigenvalue weighted by Crippen LogP contribution is -2.39. The summed E-state index contributed by atoms with van der Waals surface area (Å²) in [4.78, 5) is 6.08. The summed E-state index contributed by atoms with van der Waals surface area (Å²) >= 11 is 0. The van der Waals surface area contributed by atoms with Crippen LogP contribution < -0.4 is 4.90 Å². The molecular weight excluding hydrogens is 252 g/mol. The average molecular weight is 270 g/mol. The van der Waals surface area contributed by atoms with E-state index in [1.54, 1.807) is 6.20 Å². The third kappa shape index (κ3) is 2.29. The Hall–Kier alpha value is -2.23. The van der Waals surface area contributed by atoms with Crippen molar-refractivity contribution in [2.24, 2.45) is 5.41 Å². The van der Waals surface area contributed by atoms with Gasteiger partial charge in [0.1, 0.15) is 0 Å². The van der Waals surface area contributed by atoms with Crippen LogP contribution in [0.2, 0.25) is 0 Å². The van der Waals surface area contributed by atoms with Crippen LogP contribution in [-0.4, -0.2) is 11.2 Å². The first-order valence-electron chi connectivity index (χ1n) is 6.66. The maximum absolute atomic E-state index is 6.09. The Morgan fingerprint density at radius 2 is 1.90 bits per heavy atom. The molecule has 1 unspecified atom stereocenters. The van der Waals surface area contributed by atoms with E-state index >= 15 is 0 Å². The van der Waals surface area contributed by atoms with Crippen molar-refractivity contribution in [2.45, 2.75) is 27.0 Å². The molecule has 2 aromatic rings. The van der Waals surface area contributed by atoms with Gasteiger partial charge in [0.2, 0.25) is 0 Å². The maximum atomic E-state index is 6.09. The van der Waals surface area contributed by atoms with E-state index in [4.69, 9.17) is 9.15 Å². The minimum atomic E-state index is -0.0787. The molecule has 1 aromatic carbocycles. The molecular formula is C16H18N2O2. The Labute approximate surface area is 118 Å². The molecule has 3 rings (SSSR count). The van der Waals surface area contributed by atoms with Crippen LogP contribution in [0, 0.1) is 5.41 Å². The van der Waals surface area contributed by atoms with E-state index in [1.807, 2.05) is 24.4 Å². The number of hydrogen-bond donors (Lipinski definition) is 0. The second-order valence-corrected chi connectivity index (χ2v) is 5.94. The van der Waals surface area contributed by atoms with Crippen molar-refractivity contribution in [1.82, 2.24) is 4.98 Å². The van der Waals surface area contributed by atoms with E-state index in [1.165, 1.54) is 6.39 Å². The van der Waals surface area contributed by atoms with E-state index in [0.717, 1.165) is 5.69 Å². The molecule has 0 N–H and O–H groups in total. The number of ether oxygens (including phenoxy) is 1. The van der Waals surface area contributed by atoms with Crippen molar-refractivity contribution in [3.63, 3.8) is 0 Å². The Bertz CT molecular complexity index is 597. The standard InChI is InChI=1S/C16H18N2O2/c1-16(2,3)15-18(12-7-5-4-6-8-12)10-14(20-15)13-9-17-11-19-13/h4-11,15H,1-3H3. The van der Waals surface area contributed by atoms with Crippen LogP contribution in [0.15, 0.2) is 53.5 Å². The second kappa shape index (κ2) is 4.71. The highest BCUT2D eigenvalue weighted by atomic mass is 16.5. The molecule has 0 spiro atoms. The topological polar surface area (TPSA) is 38.5 Å². The second-order valence-electron chi connectivity index (χ2n) is 5.94. The number of rotatable bonds is 2. The number of anilines is 1. The molecule has 1 atom stereocenters. The van der Waals surface area contributed by atoms with Crippen LogP contribution >= 0.6 is 0 Å². The number of hydrogen-bond acceptors (Lipinski definition) is 4. The molecule has 2 heterocycles. The lowest BCUT2D eigenvalue weighted by Gasteiger charge is -2.34. The van der Waals surface area contributed by atoms with Gasteiger partial charge in [-0.3, -0.25) is 0 Å². The number of aromatic nitrogens is 1. The zero-order chi connectivity index (χ0) is 14.2. The molecule has 0 radical (unpaired) electrons. The third-order valence-corrected chi connectivity index (χ3v) is 3.22. The smallest absolute Gasteiger partial charge is 0.190 e. The highest BCUT2D eigenvalue weighted by molar-refractivity contribution is 5.65. The normalized spacial score (nSPS) is 18.9. The monoisotopic (exact) mass is 270 g/mol. The minimum absolute atomic E-state index is 0.0336. The Kier molecular flexibility index (Phi) is 3.01. The Morgan fingerprint density at radius 3 is 2.50 bits per heavy atom. The van der Waals surface area contributed by atoms with Crippen molar-refractivity contribution >= 4 is 11.4 Å². The average Bonchev–Trinajstić information content (AvgIpc) is 3.08. The number of nitrogens with zero attached hydrogens (tertiary/aromatic N) is 2. The molecule has 0 amide bonds. The number of para-hydroxylation sites is 1. The highest BCUT2D eigenvalue weighted by Gasteiger charge is 2.38. The van der Waals surface area contributed by atoms with Crippen LogP contribution in [0.3, 0.4) is 0 Å².